The predicted octanol–water partition coefficient (Wildman–Crippen LogP) is 0.476. The van der Waals surface area contributed by atoms with Gasteiger partial charge >= 0.3 is 0 Å². The normalized spacial score (nSPS) is 35.0. The van der Waals surface area contributed by atoms with Gasteiger partial charge in [0.2, 0.25) is 0 Å². The molecule has 0 saturated carbocycles. The molecule has 0 aromatic rings. The highest BCUT2D eigenvalue weighted by atomic mass is 16.5. The minimum atomic E-state index is 0.236. The van der Waals surface area contributed by atoms with E-state index in [0.29, 0.717) is 12.2 Å². The largest absolute Gasteiger partial charge is 0.395 e. The summed E-state index contributed by atoms with van der Waals surface area (Å²) in [5, 5.41) is 8.98. The van der Waals surface area contributed by atoms with Crippen LogP contribution in [0.4, 0.5) is 0 Å². The van der Waals surface area contributed by atoms with Crippen molar-refractivity contribution >= 4 is 0 Å². The fourth-order valence-electron chi connectivity index (χ4n) is 1.69. The lowest BCUT2D eigenvalue weighted by Gasteiger charge is -2.38. The monoisotopic (exact) mass is 173 g/mol. The van der Waals surface area contributed by atoms with E-state index in [-0.39, 0.29) is 12.6 Å². The number of nitrogens with zero attached hydrogens (tertiary/aromatic N) is 1. The Kier molecular flexibility index (Phi) is 3.50. The molecule has 3 nitrogen and oxygen atoms in total. The quantitative estimate of drug-likeness (QED) is 0.659. The van der Waals surface area contributed by atoms with Gasteiger partial charge < -0.3 is 9.84 Å². The molecule has 1 rings (SSSR count). The Morgan fingerprint density at radius 1 is 1.42 bits per heavy atom. The summed E-state index contributed by atoms with van der Waals surface area (Å²) < 4.78 is 5.59. The van der Waals surface area contributed by atoms with Crippen molar-refractivity contribution < 1.29 is 9.84 Å². The summed E-state index contributed by atoms with van der Waals surface area (Å²) in [6.07, 6.45) is 0.588. The maximum Gasteiger partial charge on any atom is 0.0678 e. The smallest absolute Gasteiger partial charge is 0.0678 e. The van der Waals surface area contributed by atoms with Crippen molar-refractivity contribution in [3.8, 4) is 0 Å². The van der Waals surface area contributed by atoms with Gasteiger partial charge in [0.1, 0.15) is 0 Å². The van der Waals surface area contributed by atoms with Crippen LogP contribution in [0.25, 0.3) is 0 Å². The number of hydrogen-bond donors (Lipinski definition) is 1. The summed E-state index contributed by atoms with van der Waals surface area (Å²) in [6.45, 7) is 8.31. The highest BCUT2D eigenvalue weighted by Crippen LogP contribution is 2.12. The van der Waals surface area contributed by atoms with E-state index in [0.717, 1.165) is 13.1 Å². The lowest BCUT2D eigenvalue weighted by molar-refractivity contribution is -0.0831. The Morgan fingerprint density at radius 2 is 1.92 bits per heavy atom. The zero-order chi connectivity index (χ0) is 9.14. The number of morpholine rings is 1. The molecule has 72 valence electrons. The lowest BCUT2D eigenvalue weighted by atomic mass is 10.2. The first-order valence-electron chi connectivity index (χ1n) is 4.64. The van der Waals surface area contributed by atoms with Gasteiger partial charge in [0, 0.05) is 19.1 Å². The molecule has 1 unspecified atom stereocenters. The fraction of sp³-hybridized carbons (Fsp3) is 1.00. The molecule has 0 bridgehead atoms. The number of rotatable bonds is 2. The molecule has 0 amide bonds. The van der Waals surface area contributed by atoms with E-state index in [9.17, 15) is 0 Å². The van der Waals surface area contributed by atoms with Gasteiger partial charge in [0.25, 0.3) is 0 Å². The minimum absolute atomic E-state index is 0.236. The average molecular weight is 173 g/mol. The molecule has 3 atom stereocenters. The van der Waals surface area contributed by atoms with E-state index in [1.54, 1.807) is 0 Å². The zero-order valence-electron chi connectivity index (χ0n) is 8.16. The van der Waals surface area contributed by atoms with E-state index >= 15 is 0 Å². The number of aliphatic hydroxyl groups excluding tert-OH is 1. The zero-order valence-corrected chi connectivity index (χ0v) is 8.16. The van der Waals surface area contributed by atoms with Crippen molar-refractivity contribution in [1.82, 2.24) is 4.90 Å². The number of aliphatic hydroxyl groups is 1. The SMILES string of the molecule is CC(CO)N1C[C@@H](C)O[C@@H](C)C1. The molecule has 1 fully saturated rings. The van der Waals surface area contributed by atoms with Crippen LogP contribution in [-0.2, 0) is 4.74 Å². The number of hydrogen-bond acceptors (Lipinski definition) is 3. The third kappa shape index (κ3) is 2.44. The fourth-order valence-corrected chi connectivity index (χ4v) is 1.69. The van der Waals surface area contributed by atoms with E-state index in [1.807, 2.05) is 6.92 Å². The minimum Gasteiger partial charge on any atom is -0.395 e. The summed E-state index contributed by atoms with van der Waals surface area (Å²) >= 11 is 0. The second-order valence-electron chi connectivity index (χ2n) is 3.74. The summed E-state index contributed by atoms with van der Waals surface area (Å²) in [7, 11) is 0. The van der Waals surface area contributed by atoms with Crippen LogP contribution in [0, 0.1) is 0 Å². The predicted molar refractivity (Wildman–Crippen MR) is 48.1 cm³/mol. The first-order valence-corrected chi connectivity index (χ1v) is 4.64. The van der Waals surface area contributed by atoms with Crippen molar-refractivity contribution in [3.63, 3.8) is 0 Å². The molecular weight excluding hydrogens is 154 g/mol. The topological polar surface area (TPSA) is 32.7 Å². The van der Waals surface area contributed by atoms with Gasteiger partial charge in [-0.3, -0.25) is 4.90 Å². The van der Waals surface area contributed by atoms with Crippen LogP contribution in [0.15, 0.2) is 0 Å². The summed E-state index contributed by atoms with van der Waals surface area (Å²) in [5.74, 6) is 0. The Morgan fingerprint density at radius 3 is 2.33 bits per heavy atom. The molecule has 0 radical (unpaired) electrons. The standard InChI is InChI=1S/C9H19NO2/c1-7(6-11)10-4-8(2)12-9(3)5-10/h7-9,11H,4-6H2,1-3H3/t7?,8-,9+. The Bertz CT molecular complexity index is 130. The Hall–Kier alpha value is -0.120. The van der Waals surface area contributed by atoms with Crippen LogP contribution in [-0.4, -0.2) is 48.0 Å². The van der Waals surface area contributed by atoms with Gasteiger partial charge in [0.05, 0.1) is 18.8 Å². The highest BCUT2D eigenvalue weighted by Gasteiger charge is 2.24. The second kappa shape index (κ2) is 4.21. The third-order valence-electron chi connectivity index (χ3n) is 2.34. The summed E-state index contributed by atoms with van der Waals surface area (Å²) in [5.41, 5.74) is 0. The van der Waals surface area contributed by atoms with Crippen LogP contribution < -0.4 is 0 Å². The van der Waals surface area contributed by atoms with Crippen LogP contribution >= 0.6 is 0 Å². The molecule has 1 aliphatic rings. The van der Waals surface area contributed by atoms with Crippen molar-refractivity contribution in [2.24, 2.45) is 0 Å². The van der Waals surface area contributed by atoms with Crippen LogP contribution in [0.2, 0.25) is 0 Å². The third-order valence-corrected chi connectivity index (χ3v) is 2.34. The van der Waals surface area contributed by atoms with Gasteiger partial charge in [-0.15, -0.1) is 0 Å². The van der Waals surface area contributed by atoms with Gasteiger partial charge in [-0.2, -0.15) is 0 Å². The average Bonchev–Trinajstić information content (AvgIpc) is 2.01. The highest BCUT2D eigenvalue weighted by molar-refractivity contribution is 4.76. The molecule has 0 aromatic heterocycles. The maximum absolute atomic E-state index is 8.98. The number of ether oxygens (including phenoxy) is 1. The van der Waals surface area contributed by atoms with Gasteiger partial charge in [-0.05, 0) is 20.8 Å². The molecule has 12 heavy (non-hydrogen) atoms. The maximum atomic E-state index is 8.98. The van der Waals surface area contributed by atoms with Crippen LogP contribution in [0.1, 0.15) is 20.8 Å². The van der Waals surface area contributed by atoms with Crippen molar-refractivity contribution in [2.75, 3.05) is 19.7 Å². The summed E-state index contributed by atoms with van der Waals surface area (Å²) in [4.78, 5) is 2.28. The van der Waals surface area contributed by atoms with Crippen molar-refractivity contribution in [2.45, 2.75) is 39.0 Å². The van der Waals surface area contributed by atoms with Crippen LogP contribution in [0.3, 0.4) is 0 Å². The molecule has 1 heterocycles. The van der Waals surface area contributed by atoms with E-state index in [2.05, 4.69) is 18.7 Å². The second-order valence-corrected chi connectivity index (χ2v) is 3.74. The lowest BCUT2D eigenvalue weighted by Crippen LogP contribution is -2.50. The molecule has 1 N–H and O–H groups in total. The summed E-state index contributed by atoms with van der Waals surface area (Å²) in [6, 6.07) is 0.263. The Balaban J connectivity index is 2.43. The van der Waals surface area contributed by atoms with Gasteiger partial charge in [0.15, 0.2) is 0 Å². The van der Waals surface area contributed by atoms with E-state index in [1.165, 1.54) is 0 Å². The van der Waals surface area contributed by atoms with E-state index < -0.39 is 0 Å². The first kappa shape index (κ1) is 9.96. The molecule has 1 aliphatic heterocycles. The van der Waals surface area contributed by atoms with Crippen molar-refractivity contribution in [1.29, 1.82) is 0 Å². The van der Waals surface area contributed by atoms with Crippen molar-refractivity contribution in [3.05, 3.63) is 0 Å². The first-order chi connectivity index (χ1) is 5.63. The van der Waals surface area contributed by atoms with Crippen LogP contribution in [0.5, 0.6) is 0 Å². The van der Waals surface area contributed by atoms with Gasteiger partial charge in [-0.1, -0.05) is 0 Å². The Labute approximate surface area is 74.3 Å². The van der Waals surface area contributed by atoms with E-state index in [4.69, 9.17) is 9.84 Å². The molecule has 1 saturated heterocycles. The molecule has 3 heteroatoms. The van der Waals surface area contributed by atoms with Gasteiger partial charge in [-0.25, -0.2) is 0 Å². The molecule has 0 aromatic carbocycles. The molecule has 0 aliphatic carbocycles. The molecule has 0 spiro atoms. The molecular formula is C9H19NO2.